The van der Waals surface area contributed by atoms with E-state index in [1.165, 1.54) is 0 Å². The molecule has 2 amide bonds. The SMILES string of the molecule is CNC(=O)[C@@H]1CN(C(=O)c2cc(-c3ccccc3)n[nH]2)c2ccccc2O1. The summed E-state index contributed by atoms with van der Waals surface area (Å²) < 4.78 is 5.74. The standard InChI is InChI=1S/C20H18N4O3/c1-21-19(25)18-12-24(16-9-5-6-10-17(16)27-18)20(26)15-11-14(22-23-15)13-7-3-2-4-8-13/h2-11,18H,12H2,1H3,(H,21,25)(H,22,23)/t18-/m0/s1. The van der Waals surface area contributed by atoms with Gasteiger partial charge in [-0.15, -0.1) is 0 Å². The number of anilines is 1. The van der Waals surface area contributed by atoms with Gasteiger partial charge >= 0.3 is 0 Å². The number of carbonyl (C=O) groups is 2. The molecule has 0 aliphatic carbocycles. The van der Waals surface area contributed by atoms with Crippen molar-refractivity contribution in [2.45, 2.75) is 6.10 Å². The maximum atomic E-state index is 13.1. The molecule has 0 radical (unpaired) electrons. The lowest BCUT2D eigenvalue weighted by molar-refractivity contribution is -0.127. The van der Waals surface area contributed by atoms with Crippen molar-refractivity contribution in [3.05, 3.63) is 66.4 Å². The summed E-state index contributed by atoms with van der Waals surface area (Å²) in [7, 11) is 1.54. The van der Waals surface area contributed by atoms with Crippen LogP contribution in [0, 0.1) is 0 Å². The quantitative estimate of drug-likeness (QED) is 0.748. The van der Waals surface area contributed by atoms with Crippen LogP contribution in [0.5, 0.6) is 5.75 Å². The van der Waals surface area contributed by atoms with Crippen LogP contribution >= 0.6 is 0 Å². The lowest BCUT2D eigenvalue weighted by Crippen LogP contribution is -2.50. The van der Waals surface area contributed by atoms with Crippen LogP contribution in [0.3, 0.4) is 0 Å². The molecule has 27 heavy (non-hydrogen) atoms. The number of hydrogen-bond donors (Lipinski definition) is 2. The van der Waals surface area contributed by atoms with E-state index in [4.69, 9.17) is 4.74 Å². The molecule has 1 atom stereocenters. The van der Waals surface area contributed by atoms with Gasteiger partial charge in [0.2, 0.25) is 0 Å². The highest BCUT2D eigenvalue weighted by Gasteiger charge is 2.34. The van der Waals surface area contributed by atoms with E-state index >= 15 is 0 Å². The zero-order valence-corrected chi connectivity index (χ0v) is 14.7. The van der Waals surface area contributed by atoms with Crippen molar-refractivity contribution in [2.75, 3.05) is 18.5 Å². The molecule has 136 valence electrons. The highest BCUT2D eigenvalue weighted by atomic mass is 16.5. The summed E-state index contributed by atoms with van der Waals surface area (Å²) in [6, 6.07) is 18.5. The lowest BCUT2D eigenvalue weighted by atomic mass is 10.1. The molecule has 2 heterocycles. The number of fused-ring (bicyclic) bond motifs is 1. The lowest BCUT2D eigenvalue weighted by Gasteiger charge is -2.33. The van der Waals surface area contributed by atoms with Crippen LogP contribution in [-0.2, 0) is 4.79 Å². The first-order chi connectivity index (χ1) is 13.2. The number of aromatic amines is 1. The van der Waals surface area contributed by atoms with E-state index in [9.17, 15) is 9.59 Å². The van der Waals surface area contributed by atoms with Crippen LogP contribution in [-0.4, -0.2) is 41.7 Å². The number of ether oxygens (including phenoxy) is 1. The number of nitrogens with one attached hydrogen (secondary N) is 2. The van der Waals surface area contributed by atoms with E-state index < -0.39 is 6.10 Å². The zero-order chi connectivity index (χ0) is 18.8. The van der Waals surface area contributed by atoms with E-state index in [0.29, 0.717) is 22.8 Å². The van der Waals surface area contributed by atoms with Crippen LogP contribution in [0.4, 0.5) is 5.69 Å². The Morgan fingerprint density at radius 3 is 2.67 bits per heavy atom. The Bertz CT molecular complexity index is 984. The number of hydrogen-bond acceptors (Lipinski definition) is 4. The normalized spacial score (nSPS) is 15.6. The minimum absolute atomic E-state index is 0.120. The fourth-order valence-corrected chi connectivity index (χ4v) is 3.06. The van der Waals surface area contributed by atoms with Crippen molar-refractivity contribution >= 4 is 17.5 Å². The number of aromatic nitrogens is 2. The molecule has 0 saturated heterocycles. The van der Waals surface area contributed by atoms with Gasteiger partial charge in [0.25, 0.3) is 11.8 Å². The molecule has 0 bridgehead atoms. The summed E-state index contributed by atoms with van der Waals surface area (Å²) in [4.78, 5) is 26.7. The molecule has 0 fully saturated rings. The number of carbonyl (C=O) groups excluding carboxylic acids is 2. The number of rotatable bonds is 3. The van der Waals surface area contributed by atoms with Crippen LogP contribution in [0.2, 0.25) is 0 Å². The van der Waals surface area contributed by atoms with E-state index in [0.717, 1.165) is 5.56 Å². The molecule has 2 N–H and O–H groups in total. The molecule has 4 rings (SSSR count). The average molecular weight is 362 g/mol. The molecule has 1 aromatic heterocycles. The molecule has 0 unspecified atom stereocenters. The van der Waals surface area contributed by atoms with Gasteiger partial charge in [0, 0.05) is 12.6 Å². The minimum Gasteiger partial charge on any atom is -0.477 e. The monoisotopic (exact) mass is 362 g/mol. The Balaban J connectivity index is 1.66. The van der Waals surface area contributed by atoms with Gasteiger partial charge in [0.15, 0.2) is 6.10 Å². The van der Waals surface area contributed by atoms with Crippen molar-refractivity contribution in [3.8, 4) is 17.0 Å². The Kier molecular flexibility index (Phi) is 4.33. The van der Waals surface area contributed by atoms with Gasteiger partial charge in [-0.1, -0.05) is 42.5 Å². The smallest absolute Gasteiger partial charge is 0.276 e. The van der Waals surface area contributed by atoms with Crippen molar-refractivity contribution in [3.63, 3.8) is 0 Å². The summed E-state index contributed by atoms with van der Waals surface area (Å²) in [5.74, 6) is -0.0558. The van der Waals surface area contributed by atoms with Gasteiger partial charge in [-0.25, -0.2) is 0 Å². The Morgan fingerprint density at radius 2 is 1.89 bits per heavy atom. The largest absolute Gasteiger partial charge is 0.477 e. The molecule has 2 aromatic carbocycles. The Morgan fingerprint density at radius 1 is 1.15 bits per heavy atom. The minimum atomic E-state index is -0.773. The number of nitrogens with zero attached hydrogens (tertiary/aromatic N) is 2. The van der Waals surface area contributed by atoms with Gasteiger partial charge < -0.3 is 10.1 Å². The van der Waals surface area contributed by atoms with E-state index in [1.807, 2.05) is 36.4 Å². The number of likely N-dealkylation sites (N-methyl/N-ethyl adjacent to an activating group) is 1. The molecule has 1 aliphatic rings. The molecular formula is C20H18N4O3. The molecule has 1 aliphatic heterocycles. The second-order valence-corrected chi connectivity index (χ2v) is 6.14. The maximum absolute atomic E-state index is 13.1. The molecule has 0 saturated carbocycles. The number of amides is 2. The first-order valence-electron chi connectivity index (χ1n) is 8.57. The fraction of sp³-hybridized carbons (Fsp3) is 0.150. The van der Waals surface area contributed by atoms with E-state index in [1.54, 1.807) is 36.2 Å². The van der Waals surface area contributed by atoms with Crippen LogP contribution in [0.25, 0.3) is 11.3 Å². The summed E-state index contributed by atoms with van der Waals surface area (Å²) in [5.41, 5.74) is 2.57. The third-order valence-corrected chi connectivity index (χ3v) is 4.44. The Labute approximate surface area is 156 Å². The maximum Gasteiger partial charge on any atom is 0.276 e. The van der Waals surface area contributed by atoms with Crippen molar-refractivity contribution in [2.24, 2.45) is 0 Å². The third-order valence-electron chi connectivity index (χ3n) is 4.44. The predicted octanol–water partition coefficient (Wildman–Crippen LogP) is 2.23. The van der Waals surface area contributed by atoms with Gasteiger partial charge in [-0.05, 0) is 18.2 Å². The highest BCUT2D eigenvalue weighted by molar-refractivity contribution is 6.07. The van der Waals surface area contributed by atoms with Crippen molar-refractivity contribution < 1.29 is 14.3 Å². The average Bonchev–Trinajstić information content (AvgIpc) is 3.22. The second-order valence-electron chi connectivity index (χ2n) is 6.14. The number of para-hydroxylation sites is 2. The summed E-state index contributed by atoms with van der Waals surface area (Å²) in [6.07, 6.45) is -0.773. The van der Waals surface area contributed by atoms with Crippen LogP contribution in [0.1, 0.15) is 10.5 Å². The van der Waals surface area contributed by atoms with Gasteiger partial charge in [-0.2, -0.15) is 5.10 Å². The molecule has 0 spiro atoms. The highest BCUT2D eigenvalue weighted by Crippen LogP contribution is 2.34. The van der Waals surface area contributed by atoms with Crippen molar-refractivity contribution in [1.29, 1.82) is 0 Å². The zero-order valence-electron chi connectivity index (χ0n) is 14.7. The van der Waals surface area contributed by atoms with E-state index in [2.05, 4.69) is 15.5 Å². The molecule has 7 heteroatoms. The number of H-pyrrole nitrogens is 1. The van der Waals surface area contributed by atoms with Crippen LogP contribution in [0.15, 0.2) is 60.7 Å². The molecular weight excluding hydrogens is 344 g/mol. The predicted molar refractivity (Wildman–Crippen MR) is 101 cm³/mol. The second kappa shape index (κ2) is 6.95. The molecule has 7 nitrogen and oxygen atoms in total. The van der Waals surface area contributed by atoms with E-state index in [-0.39, 0.29) is 18.4 Å². The molecule has 3 aromatic rings. The number of benzene rings is 2. The van der Waals surface area contributed by atoms with Gasteiger partial charge in [0.1, 0.15) is 11.4 Å². The Hall–Kier alpha value is -3.61. The first-order valence-corrected chi connectivity index (χ1v) is 8.57. The summed E-state index contributed by atoms with van der Waals surface area (Å²) >= 11 is 0. The van der Waals surface area contributed by atoms with Gasteiger partial charge in [-0.3, -0.25) is 19.6 Å². The fourth-order valence-electron chi connectivity index (χ4n) is 3.06. The van der Waals surface area contributed by atoms with Crippen molar-refractivity contribution in [1.82, 2.24) is 15.5 Å². The van der Waals surface area contributed by atoms with Gasteiger partial charge in [0.05, 0.1) is 17.9 Å². The summed E-state index contributed by atoms with van der Waals surface area (Å²) in [6.45, 7) is 0.120. The third kappa shape index (κ3) is 3.15. The van der Waals surface area contributed by atoms with Crippen LogP contribution < -0.4 is 15.0 Å². The first kappa shape index (κ1) is 16.8. The summed E-state index contributed by atoms with van der Waals surface area (Å²) in [5, 5.41) is 9.62. The topological polar surface area (TPSA) is 87.3 Å².